The van der Waals surface area contributed by atoms with Crippen LogP contribution >= 0.6 is 15.9 Å². The number of aromatic nitrogens is 1. The Labute approximate surface area is 122 Å². The summed E-state index contributed by atoms with van der Waals surface area (Å²) < 4.78 is 15.2. The molecule has 4 nitrogen and oxygen atoms in total. The average Bonchev–Trinajstić information content (AvgIpc) is 2.36. The fraction of sp³-hybridized carbons (Fsp3) is 0.143. The molecule has 104 valence electrons. The van der Waals surface area contributed by atoms with E-state index in [2.05, 4.69) is 15.9 Å². The van der Waals surface area contributed by atoms with E-state index in [1.165, 1.54) is 18.3 Å². The lowest BCUT2D eigenvalue weighted by molar-refractivity contribution is 0.0694. The van der Waals surface area contributed by atoms with E-state index in [1.54, 1.807) is 23.6 Å². The molecule has 1 aromatic heterocycles. The molecule has 1 N–H and O–H groups in total. The molecule has 1 heterocycles. The number of aryl methyl sites for hydroxylation is 1. The van der Waals surface area contributed by atoms with Gasteiger partial charge in [0, 0.05) is 24.5 Å². The highest BCUT2D eigenvalue weighted by Crippen LogP contribution is 2.18. The van der Waals surface area contributed by atoms with E-state index in [4.69, 9.17) is 5.11 Å². The van der Waals surface area contributed by atoms with Crippen molar-refractivity contribution in [1.29, 1.82) is 0 Å². The zero-order valence-corrected chi connectivity index (χ0v) is 12.1. The third-order valence-electron chi connectivity index (χ3n) is 2.91. The van der Waals surface area contributed by atoms with Crippen molar-refractivity contribution in [3.05, 3.63) is 67.8 Å². The number of hydrogen-bond donors (Lipinski definition) is 1. The first-order valence-electron chi connectivity index (χ1n) is 5.77. The molecule has 2 aromatic rings. The van der Waals surface area contributed by atoms with E-state index >= 15 is 0 Å². The molecule has 0 bridgehead atoms. The molecule has 0 aliphatic carbocycles. The smallest absolute Gasteiger partial charge is 0.341 e. The molecule has 0 spiro atoms. The average molecular weight is 340 g/mol. The lowest BCUT2D eigenvalue weighted by Gasteiger charge is -2.12. The molecule has 6 heteroatoms. The zero-order chi connectivity index (χ0) is 14.9. The summed E-state index contributed by atoms with van der Waals surface area (Å²) in [5.41, 5.74) is 0.630. The quantitative estimate of drug-likeness (QED) is 0.935. The number of pyridine rings is 1. The van der Waals surface area contributed by atoms with Gasteiger partial charge in [-0.05, 0) is 40.5 Å². The number of hydrogen-bond acceptors (Lipinski definition) is 2. The van der Waals surface area contributed by atoms with Gasteiger partial charge in [0.25, 0.3) is 0 Å². The largest absolute Gasteiger partial charge is 0.477 e. The SMILES string of the molecule is Cc1cc(=O)c(C(=O)O)cn1Cc1ccc(F)c(Br)c1. The predicted molar refractivity (Wildman–Crippen MR) is 75.6 cm³/mol. The van der Waals surface area contributed by atoms with Gasteiger partial charge in [-0.2, -0.15) is 0 Å². The summed E-state index contributed by atoms with van der Waals surface area (Å²) in [7, 11) is 0. The van der Waals surface area contributed by atoms with Crippen LogP contribution in [0.1, 0.15) is 21.6 Å². The molecule has 20 heavy (non-hydrogen) atoms. The third kappa shape index (κ3) is 2.96. The minimum atomic E-state index is -1.26. The number of halogens is 2. The summed E-state index contributed by atoms with van der Waals surface area (Å²) in [5.74, 6) is -1.62. The Morgan fingerprint density at radius 1 is 1.40 bits per heavy atom. The maximum atomic E-state index is 13.2. The Morgan fingerprint density at radius 3 is 2.70 bits per heavy atom. The molecule has 0 fully saturated rings. The number of benzene rings is 1. The van der Waals surface area contributed by atoms with Crippen LogP contribution in [0, 0.1) is 12.7 Å². The normalized spacial score (nSPS) is 10.6. The molecule has 2 rings (SSSR count). The first-order valence-corrected chi connectivity index (χ1v) is 6.56. The Kier molecular flexibility index (Phi) is 4.04. The molecule has 0 saturated carbocycles. The van der Waals surface area contributed by atoms with Crippen molar-refractivity contribution >= 4 is 21.9 Å². The monoisotopic (exact) mass is 339 g/mol. The number of rotatable bonds is 3. The van der Waals surface area contributed by atoms with Gasteiger partial charge in [0.2, 0.25) is 0 Å². The van der Waals surface area contributed by atoms with Gasteiger partial charge in [-0.3, -0.25) is 4.79 Å². The van der Waals surface area contributed by atoms with Gasteiger partial charge in [-0.1, -0.05) is 6.07 Å². The summed E-state index contributed by atoms with van der Waals surface area (Å²) in [4.78, 5) is 22.5. The van der Waals surface area contributed by atoms with Gasteiger partial charge in [0.15, 0.2) is 5.43 Å². The van der Waals surface area contributed by atoms with Crippen molar-refractivity contribution in [2.45, 2.75) is 13.5 Å². The van der Waals surface area contributed by atoms with Crippen molar-refractivity contribution < 1.29 is 14.3 Å². The molecule has 0 aliphatic rings. The molecule has 1 aromatic carbocycles. The highest BCUT2D eigenvalue weighted by molar-refractivity contribution is 9.10. The van der Waals surface area contributed by atoms with Gasteiger partial charge < -0.3 is 9.67 Å². The Bertz CT molecular complexity index is 740. The Hall–Kier alpha value is -1.95. The minimum absolute atomic E-state index is 0.281. The molecule has 0 unspecified atom stereocenters. The summed E-state index contributed by atoms with van der Waals surface area (Å²) >= 11 is 3.10. The maximum Gasteiger partial charge on any atom is 0.341 e. The lowest BCUT2D eigenvalue weighted by atomic mass is 10.2. The van der Waals surface area contributed by atoms with Crippen molar-refractivity contribution in [2.75, 3.05) is 0 Å². The zero-order valence-electron chi connectivity index (χ0n) is 10.6. The van der Waals surface area contributed by atoms with E-state index in [1.807, 2.05) is 0 Å². The summed E-state index contributed by atoms with van der Waals surface area (Å²) in [6, 6.07) is 5.84. The molecular formula is C14H11BrFNO3. The van der Waals surface area contributed by atoms with E-state index in [-0.39, 0.29) is 11.4 Å². The first-order chi connectivity index (χ1) is 9.38. The number of carbonyl (C=O) groups is 1. The second kappa shape index (κ2) is 5.58. The van der Waals surface area contributed by atoms with Crippen LogP contribution < -0.4 is 5.43 Å². The Morgan fingerprint density at radius 2 is 2.10 bits per heavy atom. The molecule has 0 atom stereocenters. The topological polar surface area (TPSA) is 59.3 Å². The van der Waals surface area contributed by atoms with E-state index in [0.29, 0.717) is 16.7 Å². The van der Waals surface area contributed by atoms with E-state index < -0.39 is 11.4 Å². The van der Waals surface area contributed by atoms with Crippen LogP contribution in [0.3, 0.4) is 0 Å². The fourth-order valence-electron chi connectivity index (χ4n) is 1.84. The van der Waals surface area contributed by atoms with Crippen LogP contribution in [0.25, 0.3) is 0 Å². The number of nitrogens with zero attached hydrogens (tertiary/aromatic N) is 1. The van der Waals surface area contributed by atoms with Crippen LogP contribution in [0.5, 0.6) is 0 Å². The van der Waals surface area contributed by atoms with Gasteiger partial charge in [0.1, 0.15) is 11.4 Å². The first kappa shape index (κ1) is 14.5. The lowest BCUT2D eigenvalue weighted by Crippen LogP contribution is -2.19. The van der Waals surface area contributed by atoms with Crippen LogP contribution in [-0.2, 0) is 6.54 Å². The second-order valence-corrected chi connectivity index (χ2v) is 5.23. The maximum absolute atomic E-state index is 13.2. The van der Waals surface area contributed by atoms with Gasteiger partial charge in [-0.15, -0.1) is 0 Å². The Balaban J connectivity index is 2.42. The van der Waals surface area contributed by atoms with Crippen LogP contribution in [0.2, 0.25) is 0 Å². The van der Waals surface area contributed by atoms with Crippen molar-refractivity contribution in [1.82, 2.24) is 4.57 Å². The highest BCUT2D eigenvalue weighted by atomic mass is 79.9. The van der Waals surface area contributed by atoms with Crippen LogP contribution in [0.4, 0.5) is 4.39 Å². The van der Waals surface area contributed by atoms with Crippen molar-refractivity contribution in [3.63, 3.8) is 0 Å². The summed E-state index contributed by atoms with van der Waals surface area (Å²) in [6.45, 7) is 2.07. The number of carboxylic acid groups (broad SMARTS) is 1. The molecule has 0 saturated heterocycles. The third-order valence-corrected chi connectivity index (χ3v) is 3.52. The van der Waals surface area contributed by atoms with Crippen LogP contribution in [-0.4, -0.2) is 15.6 Å². The molecular weight excluding hydrogens is 329 g/mol. The molecule has 0 radical (unpaired) electrons. The molecule has 0 aliphatic heterocycles. The van der Waals surface area contributed by atoms with E-state index in [0.717, 1.165) is 5.56 Å². The minimum Gasteiger partial charge on any atom is -0.477 e. The fourth-order valence-corrected chi connectivity index (χ4v) is 2.26. The van der Waals surface area contributed by atoms with E-state index in [9.17, 15) is 14.0 Å². The summed E-state index contributed by atoms with van der Waals surface area (Å²) in [6.07, 6.45) is 1.30. The van der Waals surface area contributed by atoms with Gasteiger partial charge in [0.05, 0.1) is 4.47 Å². The highest BCUT2D eigenvalue weighted by Gasteiger charge is 2.11. The number of carboxylic acids is 1. The number of aromatic carboxylic acids is 1. The predicted octanol–water partition coefficient (Wildman–Crippen LogP) is 2.80. The van der Waals surface area contributed by atoms with Crippen molar-refractivity contribution in [2.24, 2.45) is 0 Å². The van der Waals surface area contributed by atoms with Gasteiger partial charge in [-0.25, -0.2) is 9.18 Å². The van der Waals surface area contributed by atoms with Gasteiger partial charge >= 0.3 is 5.97 Å². The standard InChI is InChI=1S/C14H11BrFNO3/c1-8-4-13(18)10(14(19)20)7-17(8)6-9-2-3-12(16)11(15)5-9/h2-5,7H,6H2,1H3,(H,19,20). The second-order valence-electron chi connectivity index (χ2n) is 4.37. The molecule has 0 amide bonds. The summed E-state index contributed by atoms with van der Waals surface area (Å²) in [5, 5.41) is 8.96. The van der Waals surface area contributed by atoms with Crippen molar-refractivity contribution in [3.8, 4) is 0 Å². The van der Waals surface area contributed by atoms with Crippen LogP contribution in [0.15, 0.2) is 39.7 Å².